The fraction of sp³-hybridized carbons (Fsp3) is 0.0303. The van der Waals surface area contributed by atoms with Crippen molar-refractivity contribution in [1.29, 1.82) is 0 Å². The molecule has 0 atom stereocenters. The summed E-state index contributed by atoms with van der Waals surface area (Å²) in [5.41, 5.74) is 2.50. The second kappa shape index (κ2) is 8.74. The number of aryl methyl sites for hydroxylation is 1. The van der Waals surface area contributed by atoms with E-state index in [2.05, 4.69) is 0 Å². The Balaban J connectivity index is 1.52. The number of amides is 4. The van der Waals surface area contributed by atoms with E-state index < -0.39 is 23.6 Å². The normalized spacial score (nSPS) is 14.2. The molecular weight excluding hydrogens is 504 g/mol. The predicted octanol–water partition coefficient (Wildman–Crippen LogP) is 6.54. The number of nitrogens with zero attached hydrogens (tertiary/aromatic N) is 2. The minimum atomic E-state index is -0.597. The minimum Gasteiger partial charge on any atom is -0.456 e. The summed E-state index contributed by atoms with van der Waals surface area (Å²) in [7, 11) is 0. The quantitative estimate of drug-likeness (QED) is 0.249. The lowest BCUT2D eigenvalue weighted by molar-refractivity contribution is 0.0871. The van der Waals surface area contributed by atoms with Gasteiger partial charge < -0.3 is 4.74 Å². The maximum absolute atomic E-state index is 14.1. The van der Waals surface area contributed by atoms with Gasteiger partial charge in [0.25, 0.3) is 23.6 Å². The molecule has 0 radical (unpaired) electrons. The van der Waals surface area contributed by atoms with Crippen LogP contribution in [0.4, 0.5) is 11.4 Å². The van der Waals surface area contributed by atoms with Gasteiger partial charge in [-0.1, -0.05) is 48.5 Å². The van der Waals surface area contributed by atoms with Gasteiger partial charge in [0, 0.05) is 21.9 Å². The molecule has 2 aliphatic heterocycles. The number of benzene rings is 5. The molecule has 0 aliphatic carbocycles. The molecule has 7 heteroatoms. The molecule has 2 aliphatic rings. The largest absolute Gasteiger partial charge is 0.456 e. The Morgan fingerprint density at radius 3 is 1.68 bits per heavy atom. The van der Waals surface area contributed by atoms with Crippen LogP contribution in [0.15, 0.2) is 103 Å². The topological polar surface area (TPSA) is 84.0 Å². The highest BCUT2D eigenvalue weighted by molar-refractivity contribution is 6.42. The first-order chi connectivity index (χ1) is 19.4. The van der Waals surface area contributed by atoms with E-state index >= 15 is 0 Å². The van der Waals surface area contributed by atoms with Gasteiger partial charge >= 0.3 is 0 Å². The van der Waals surface area contributed by atoms with Crippen LogP contribution in [0.2, 0.25) is 0 Å². The smallest absolute Gasteiger partial charge is 0.269 e. The molecule has 0 unspecified atom stereocenters. The third kappa shape index (κ3) is 3.38. The van der Waals surface area contributed by atoms with Crippen LogP contribution >= 0.6 is 0 Å². The summed E-state index contributed by atoms with van der Waals surface area (Å²) in [5, 5.41) is 0.523. The van der Waals surface area contributed by atoms with Gasteiger partial charge in [0.1, 0.15) is 11.5 Å². The molecule has 5 aromatic rings. The number of hydrogen-bond acceptors (Lipinski definition) is 5. The Labute approximate surface area is 228 Å². The van der Waals surface area contributed by atoms with E-state index in [1.807, 2.05) is 25.1 Å². The summed E-state index contributed by atoms with van der Waals surface area (Å²) in [6.45, 7) is 1.92. The number of anilines is 2. The van der Waals surface area contributed by atoms with Gasteiger partial charge in [0.15, 0.2) is 0 Å². The minimum absolute atomic E-state index is 0.120. The van der Waals surface area contributed by atoms with Crippen molar-refractivity contribution in [3.05, 3.63) is 131 Å². The first-order valence-corrected chi connectivity index (χ1v) is 12.7. The number of carbonyl (C=O) groups excluding carboxylic acids is 4. The number of ether oxygens (including phenoxy) is 1. The zero-order valence-electron chi connectivity index (χ0n) is 21.3. The zero-order chi connectivity index (χ0) is 27.5. The summed E-state index contributed by atoms with van der Waals surface area (Å²) < 4.78 is 6.28. The lowest BCUT2D eigenvalue weighted by Gasteiger charge is -2.33. The summed E-state index contributed by atoms with van der Waals surface area (Å²) in [6, 6.07) is 29.2. The van der Waals surface area contributed by atoms with Crippen LogP contribution in [0, 0.1) is 6.92 Å². The number of imide groups is 2. The Morgan fingerprint density at radius 2 is 1.07 bits per heavy atom. The summed E-state index contributed by atoms with van der Waals surface area (Å²) in [4.78, 5) is 57.7. The molecule has 40 heavy (non-hydrogen) atoms. The van der Waals surface area contributed by atoms with Gasteiger partial charge in [-0.15, -0.1) is 0 Å². The Kier molecular flexibility index (Phi) is 5.15. The van der Waals surface area contributed by atoms with Gasteiger partial charge in [-0.25, -0.2) is 9.80 Å². The van der Waals surface area contributed by atoms with E-state index in [1.165, 1.54) is 6.07 Å². The van der Waals surface area contributed by atoms with E-state index in [1.54, 1.807) is 78.9 Å². The van der Waals surface area contributed by atoms with Gasteiger partial charge in [-0.3, -0.25) is 19.2 Å². The highest BCUT2D eigenvalue weighted by Crippen LogP contribution is 2.45. The third-order valence-electron chi connectivity index (χ3n) is 7.21. The van der Waals surface area contributed by atoms with Gasteiger partial charge in [0.05, 0.1) is 22.5 Å². The second-order valence-electron chi connectivity index (χ2n) is 9.69. The predicted molar refractivity (Wildman–Crippen MR) is 150 cm³/mol. The van der Waals surface area contributed by atoms with Crippen molar-refractivity contribution < 1.29 is 23.9 Å². The number of carbonyl (C=O) groups is 4. The molecule has 0 bridgehead atoms. The third-order valence-corrected chi connectivity index (χ3v) is 7.21. The molecule has 7 nitrogen and oxygen atoms in total. The number of rotatable bonds is 4. The molecular formula is C33H20N2O5. The molecule has 2 heterocycles. The summed E-state index contributed by atoms with van der Waals surface area (Å²) in [5.74, 6) is -1.64. The van der Waals surface area contributed by atoms with Gasteiger partial charge in [0.2, 0.25) is 0 Å². The average Bonchev–Trinajstić information content (AvgIpc) is 2.96. The first-order valence-electron chi connectivity index (χ1n) is 12.7. The van der Waals surface area contributed by atoms with Gasteiger partial charge in [-0.2, -0.15) is 0 Å². The maximum Gasteiger partial charge on any atom is 0.269 e. The van der Waals surface area contributed by atoms with Crippen LogP contribution in [0.25, 0.3) is 10.8 Å². The Morgan fingerprint density at radius 1 is 0.525 bits per heavy atom. The molecule has 0 aromatic heterocycles. The first kappa shape index (κ1) is 23.5. The van der Waals surface area contributed by atoms with Crippen molar-refractivity contribution in [2.75, 3.05) is 9.80 Å². The fourth-order valence-corrected chi connectivity index (χ4v) is 5.45. The fourth-order valence-electron chi connectivity index (χ4n) is 5.45. The zero-order valence-corrected chi connectivity index (χ0v) is 21.3. The van der Waals surface area contributed by atoms with E-state index in [0.29, 0.717) is 17.1 Å². The van der Waals surface area contributed by atoms with Gasteiger partial charge in [-0.05, 0) is 67.1 Å². The molecule has 7 rings (SSSR count). The average molecular weight is 525 g/mol. The van der Waals surface area contributed by atoms with Crippen molar-refractivity contribution >= 4 is 45.8 Å². The molecule has 0 saturated heterocycles. The van der Waals surface area contributed by atoms with Crippen LogP contribution in [0.1, 0.15) is 47.0 Å². The van der Waals surface area contributed by atoms with Crippen LogP contribution < -0.4 is 14.5 Å². The molecule has 4 amide bonds. The Bertz CT molecular complexity index is 1910. The van der Waals surface area contributed by atoms with Crippen LogP contribution in [0.5, 0.6) is 11.5 Å². The van der Waals surface area contributed by atoms with Crippen molar-refractivity contribution in [3.8, 4) is 11.5 Å². The van der Waals surface area contributed by atoms with Crippen molar-refractivity contribution in [1.82, 2.24) is 0 Å². The second-order valence-corrected chi connectivity index (χ2v) is 9.69. The van der Waals surface area contributed by atoms with Crippen LogP contribution in [-0.2, 0) is 0 Å². The van der Waals surface area contributed by atoms with E-state index in [0.717, 1.165) is 15.4 Å². The SMILES string of the molecule is Cc1cccc(Oc2cc3c4c(ccc5c4c2C(=O)N(c2ccccc2)C5=O)C(=O)N(c2ccccc2)C3=O)c1. The van der Waals surface area contributed by atoms with Crippen LogP contribution in [0.3, 0.4) is 0 Å². The molecule has 0 saturated carbocycles. The lowest BCUT2D eigenvalue weighted by atomic mass is 9.85. The number of hydrogen-bond donors (Lipinski definition) is 0. The van der Waals surface area contributed by atoms with Crippen molar-refractivity contribution in [2.45, 2.75) is 6.92 Å². The lowest BCUT2D eigenvalue weighted by Crippen LogP contribution is -2.43. The highest BCUT2D eigenvalue weighted by Gasteiger charge is 2.42. The number of para-hydroxylation sites is 2. The van der Waals surface area contributed by atoms with E-state index in [4.69, 9.17) is 4.74 Å². The van der Waals surface area contributed by atoms with E-state index in [-0.39, 0.29) is 38.8 Å². The van der Waals surface area contributed by atoms with Crippen LogP contribution in [-0.4, -0.2) is 23.6 Å². The van der Waals surface area contributed by atoms with Crippen molar-refractivity contribution in [2.24, 2.45) is 0 Å². The summed E-state index contributed by atoms with van der Waals surface area (Å²) >= 11 is 0. The van der Waals surface area contributed by atoms with E-state index in [9.17, 15) is 19.2 Å². The standard InChI is InChI=1S/C33H20N2O5/c1-19-9-8-14-22(17-19)40-26-18-25-27-23(30(36)34(32(25)38)20-10-4-2-5-11-20)15-16-24-28(27)29(26)33(39)35(31(24)37)21-12-6-3-7-13-21/h2-18H,1H3. The monoisotopic (exact) mass is 524 g/mol. The van der Waals surface area contributed by atoms with Crippen molar-refractivity contribution in [3.63, 3.8) is 0 Å². The molecule has 5 aromatic carbocycles. The molecule has 0 fully saturated rings. The maximum atomic E-state index is 14.1. The molecule has 192 valence electrons. The highest BCUT2D eigenvalue weighted by atomic mass is 16.5. The molecule has 0 N–H and O–H groups in total. The molecule has 0 spiro atoms. The summed E-state index contributed by atoms with van der Waals surface area (Å²) in [6.07, 6.45) is 0. The Hall–Kier alpha value is -5.56.